The quantitative estimate of drug-likeness (QED) is 0.856. The first-order valence-electron chi connectivity index (χ1n) is 5.97. The third-order valence-electron chi connectivity index (χ3n) is 3.00. The number of nitrogens with two attached hydrogens (primary N) is 1. The van der Waals surface area contributed by atoms with Crippen LogP contribution in [-0.4, -0.2) is 21.3 Å². The maximum Gasteiger partial charge on any atom is 0.142 e. The van der Waals surface area contributed by atoms with Gasteiger partial charge in [-0.1, -0.05) is 6.07 Å². The molecule has 0 aliphatic rings. The summed E-state index contributed by atoms with van der Waals surface area (Å²) in [5.74, 6) is 1.57. The van der Waals surface area contributed by atoms with Gasteiger partial charge in [-0.25, -0.2) is 0 Å². The molecule has 19 heavy (non-hydrogen) atoms. The van der Waals surface area contributed by atoms with Crippen LogP contribution in [0.15, 0.2) is 42.5 Å². The molecular weight excluding hydrogens is 240 g/mol. The van der Waals surface area contributed by atoms with Crippen molar-refractivity contribution in [2.24, 2.45) is 0 Å². The summed E-state index contributed by atoms with van der Waals surface area (Å²) < 4.78 is 10.6. The number of hydrogen-bond acceptors (Lipinski definition) is 4. The van der Waals surface area contributed by atoms with Crippen LogP contribution in [0.25, 0.3) is 0 Å². The zero-order chi connectivity index (χ0) is 13.8. The number of benzene rings is 2. The van der Waals surface area contributed by atoms with Crippen LogP contribution in [0.4, 0.5) is 17.1 Å². The van der Waals surface area contributed by atoms with Gasteiger partial charge in [-0.2, -0.15) is 0 Å². The molecule has 2 N–H and O–H groups in total. The average molecular weight is 258 g/mol. The van der Waals surface area contributed by atoms with Gasteiger partial charge < -0.3 is 20.1 Å². The molecule has 2 aromatic carbocycles. The van der Waals surface area contributed by atoms with E-state index in [0.29, 0.717) is 0 Å². The summed E-state index contributed by atoms with van der Waals surface area (Å²) in [6.45, 7) is 0. The van der Waals surface area contributed by atoms with Crippen molar-refractivity contribution in [1.82, 2.24) is 0 Å². The lowest BCUT2D eigenvalue weighted by Gasteiger charge is -2.22. The molecule has 0 aliphatic carbocycles. The highest BCUT2D eigenvalue weighted by Crippen LogP contribution is 2.35. The minimum absolute atomic E-state index is 0.728. The second-order valence-corrected chi connectivity index (χ2v) is 4.19. The zero-order valence-electron chi connectivity index (χ0n) is 11.4. The number of anilines is 3. The fourth-order valence-corrected chi connectivity index (χ4v) is 1.93. The van der Waals surface area contributed by atoms with E-state index in [4.69, 9.17) is 15.2 Å². The molecule has 0 bridgehead atoms. The van der Waals surface area contributed by atoms with Crippen LogP contribution in [0.3, 0.4) is 0 Å². The molecule has 0 spiro atoms. The number of methoxy groups -OCH3 is 2. The number of nitrogens with zero attached hydrogens (tertiary/aromatic N) is 1. The lowest BCUT2D eigenvalue weighted by atomic mass is 10.2. The SMILES string of the molecule is COc1ccc(OC)c(N(C)c2cccc(N)c2)c1. The van der Waals surface area contributed by atoms with Crippen LogP contribution >= 0.6 is 0 Å². The maximum atomic E-state index is 5.82. The van der Waals surface area contributed by atoms with Gasteiger partial charge in [0.1, 0.15) is 11.5 Å². The van der Waals surface area contributed by atoms with Gasteiger partial charge >= 0.3 is 0 Å². The van der Waals surface area contributed by atoms with Gasteiger partial charge in [-0.15, -0.1) is 0 Å². The van der Waals surface area contributed by atoms with Crippen molar-refractivity contribution in [3.8, 4) is 11.5 Å². The van der Waals surface area contributed by atoms with Gasteiger partial charge in [-0.3, -0.25) is 0 Å². The van der Waals surface area contributed by atoms with E-state index in [1.54, 1.807) is 14.2 Å². The summed E-state index contributed by atoms with van der Waals surface area (Å²) in [5.41, 5.74) is 8.46. The molecule has 2 rings (SSSR count). The topological polar surface area (TPSA) is 47.7 Å². The summed E-state index contributed by atoms with van der Waals surface area (Å²) in [7, 11) is 5.26. The molecule has 4 heteroatoms. The molecule has 0 aromatic heterocycles. The molecule has 100 valence electrons. The average Bonchev–Trinajstić information content (AvgIpc) is 2.45. The van der Waals surface area contributed by atoms with Crippen LogP contribution in [0.1, 0.15) is 0 Å². The Morgan fingerprint density at radius 3 is 2.42 bits per heavy atom. The first-order chi connectivity index (χ1) is 9.15. The summed E-state index contributed by atoms with van der Waals surface area (Å²) in [6, 6.07) is 13.4. The summed E-state index contributed by atoms with van der Waals surface area (Å²) in [5, 5.41) is 0. The smallest absolute Gasteiger partial charge is 0.142 e. The largest absolute Gasteiger partial charge is 0.497 e. The van der Waals surface area contributed by atoms with E-state index >= 15 is 0 Å². The van der Waals surface area contributed by atoms with E-state index in [2.05, 4.69) is 0 Å². The summed E-state index contributed by atoms with van der Waals surface area (Å²) in [4.78, 5) is 2.01. The lowest BCUT2D eigenvalue weighted by molar-refractivity contribution is 0.404. The number of hydrogen-bond donors (Lipinski definition) is 1. The van der Waals surface area contributed by atoms with E-state index in [1.807, 2.05) is 54.4 Å². The number of rotatable bonds is 4. The van der Waals surface area contributed by atoms with Crippen molar-refractivity contribution in [2.45, 2.75) is 0 Å². The Bertz CT molecular complexity index is 570. The molecular formula is C15H18N2O2. The molecule has 0 aliphatic heterocycles. The van der Waals surface area contributed by atoms with Gasteiger partial charge in [0, 0.05) is 24.5 Å². The van der Waals surface area contributed by atoms with E-state index in [-0.39, 0.29) is 0 Å². The van der Waals surface area contributed by atoms with Crippen LogP contribution in [0.2, 0.25) is 0 Å². The molecule has 2 aromatic rings. The highest BCUT2D eigenvalue weighted by molar-refractivity contribution is 5.71. The Morgan fingerprint density at radius 2 is 1.79 bits per heavy atom. The van der Waals surface area contributed by atoms with Crippen molar-refractivity contribution in [1.29, 1.82) is 0 Å². The highest BCUT2D eigenvalue weighted by atomic mass is 16.5. The molecule has 0 radical (unpaired) electrons. The van der Waals surface area contributed by atoms with E-state index in [9.17, 15) is 0 Å². The summed E-state index contributed by atoms with van der Waals surface area (Å²) in [6.07, 6.45) is 0. The second-order valence-electron chi connectivity index (χ2n) is 4.19. The fraction of sp³-hybridized carbons (Fsp3) is 0.200. The number of ether oxygens (including phenoxy) is 2. The van der Waals surface area contributed by atoms with Crippen molar-refractivity contribution in [2.75, 3.05) is 31.9 Å². The van der Waals surface area contributed by atoms with Crippen LogP contribution in [0, 0.1) is 0 Å². The second kappa shape index (κ2) is 5.52. The van der Waals surface area contributed by atoms with E-state index in [0.717, 1.165) is 28.6 Å². The maximum absolute atomic E-state index is 5.82. The first-order valence-corrected chi connectivity index (χ1v) is 5.97. The van der Waals surface area contributed by atoms with Gasteiger partial charge in [0.15, 0.2) is 0 Å². The van der Waals surface area contributed by atoms with Gasteiger partial charge in [0.25, 0.3) is 0 Å². The van der Waals surface area contributed by atoms with E-state index in [1.165, 1.54) is 0 Å². The Balaban J connectivity index is 2.44. The van der Waals surface area contributed by atoms with Gasteiger partial charge in [0.2, 0.25) is 0 Å². The third-order valence-corrected chi connectivity index (χ3v) is 3.00. The third kappa shape index (κ3) is 2.73. The highest BCUT2D eigenvalue weighted by Gasteiger charge is 2.11. The standard InChI is InChI=1S/C15H18N2O2/c1-17(12-6-4-5-11(16)9-12)14-10-13(18-2)7-8-15(14)19-3/h4-10H,16H2,1-3H3. The minimum atomic E-state index is 0.728. The van der Waals surface area contributed by atoms with Crippen LogP contribution in [0.5, 0.6) is 11.5 Å². The molecule has 0 amide bonds. The predicted octanol–water partition coefficient (Wildman–Crippen LogP) is 3.05. The molecule has 0 fully saturated rings. The predicted molar refractivity (Wildman–Crippen MR) is 78.5 cm³/mol. The van der Waals surface area contributed by atoms with Crippen LogP contribution < -0.4 is 20.1 Å². The van der Waals surface area contributed by atoms with Crippen LogP contribution in [-0.2, 0) is 0 Å². The van der Waals surface area contributed by atoms with E-state index < -0.39 is 0 Å². The monoisotopic (exact) mass is 258 g/mol. The Morgan fingerprint density at radius 1 is 1.00 bits per heavy atom. The number of nitrogen functional groups attached to an aromatic ring is 1. The lowest BCUT2D eigenvalue weighted by Crippen LogP contribution is -2.11. The molecule has 0 atom stereocenters. The Hall–Kier alpha value is -2.36. The Labute approximate surface area is 113 Å². The zero-order valence-corrected chi connectivity index (χ0v) is 11.4. The van der Waals surface area contributed by atoms with Gasteiger partial charge in [0.05, 0.1) is 19.9 Å². The molecule has 0 heterocycles. The van der Waals surface area contributed by atoms with Crippen molar-refractivity contribution < 1.29 is 9.47 Å². The molecule has 4 nitrogen and oxygen atoms in total. The Kier molecular flexibility index (Phi) is 3.80. The molecule has 0 saturated heterocycles. The normalized spacial score (nSPS) is 10.1. The van der Waals surface area contributed by atoms with Crippen molar-refractivity contribution in [3.63, 3.8) is 0 Å². The first kappa shape index (κ1) is 13.1. The fourth-order valence-electron chi connectivity index (χ4n) is 1.93. The van der Waals surface area contributed by atoms with Gasteiger partial charge in [-0.05, 0) is 30.3 Å². The molecule has 0 saturated carbocycles. The minimum Gasteiger partial charge on any atom is -0.497 e. The summed E-state index contributed by atoms with van der Waals surface area (Å²) >= 11 is 0. The molecule has 0 unspecified atom stereocenters. The van der Waals surface area contributed by atoms with Crippen molar-refractivity contribution in [3.05, 3.63) is 42.5 Å². The van der Waals surface area contributed by atoms with Crippen molar-refractivity contribution >= 4 is 17.1 Å².